The van der Waals surface area contributed by atoms with Crippen molar-refractivity contribution in [2.75, 3.05) is 0 Å². The fourth-order valence-corrected chi connectivity index (χ4v) is 3.48. The molecule has 17 heavy (non-hydrogen) atoms. The quantitative estimate of drug-likeness (QED) is 0.506. The van der Waals surface area contributed by atoms with Crippen LogP contribution in [0, 0.1) is 23.7 Å². The van der Waals surface area contributed by atoms with E-state index in [0.29, 0.717) is 0 Å². The third kappa shape index (κ3) is 5.93. The molecule has 1 aliphatic rings. The van der Waals surface area contributed by atoms with E-state index >= 15 is 0 Å². The monoisotopic (exact) mass is 238 g/mol. The molecular formula is C17H34. The van der Waals surface area contributed by atoms with E-state index in [0.717, 1.165) is 23.7 Å². The van der Waals surface area contributed by atoms with Gasteiger partial charge in [0.15, 0.2) is 0 Å². The van der Waals surface area contributed by atoms with Gasteiger partial charge in [-0.3, -0.25) is 0 Å². The van der Waals surface area contributed by atoms with Gasteiger partial charge in [0.05, 0.1) is 0 Å². The lowest BCUT2D eigenvalue weighted by Gasteiger charge is -2.32. The first-order chi connectivity index (χ1) is 8.13. The van der Waals surface area contributed by atoms with Crippen LogP contribution >= 0.6 is 0 Å². The van der Waals surface area contributed by atoms with Gasteiger partial charge in [-0.1, -0.05) is 79.1 Å². The maximum absolute atomic E-state index is 2.51. The average molecular weight is 238 g/mol. The minimum Gasteiger partial charge on any atom is -0.0654 e. The highest BCUT2D eigenvalue weighted by molar-refractivity contribution is 4.75. The fourth-order valence-electron chi connectivity index (χ4n) is 3.48. The summed E-state index contributed by atoms with van der Waals surface area (Å²) in [6, 6.07) is 0. The van der Waals surface area contributed by atoms with Gasteiger partial charge in [-0.15, -0.1) is 0 Å². The van der Waals surface area contributed by atoms with Crippen LogP contribution < -0.4 is 0 Å². The molecule has 0 heterocycles. The molecule has 0 aromatic heterocycles. The van der Waals surface area contributed by atoms with Gasteiger partial charge in [0.2, 0.25) is 0 Å². The van der Waals surface area contributed by atoms with Crippen molar-refractivity contribution < 1.29 is 0 Å². The molecule has 1 aliphatic carbocycles. The standard InChI is InChI=1S/C17H34/c1-5-6-8-14(2)11-12-16(4)17-10-7-9-15(3)13-17/h14-17H,5-13H2,1-4H3. The Hall–Kier alpha value is 0. The third-order valence-electron chi connectivity index (χ3n) is 4.95. The maximum Gasteiger partial charge on any atom is -0.0386 e. The smallest absolute Gasteiger partial charge is 0.0386 e. The van der Waals surface area contributed by atoms with Crippen molar-refractivity contribution in [3.8, 4) is 0 Å². The molecule has 0 saturated heterocycles. The van der Waals surface area contributed by atoms with E-state index < -0.39 is 0 Å². The maximum atomic E-state index is 2.51. The first-order valence-electron chi connectivity index (χ1n) is 8.13. The van der Waals surface area contributed by atoms with Crippen LogP contribution in [0.4, 0.5) is 0 Å². The van der Waals surface area contributed by atoms with E-state index in [1.165, 1.54) is 57.8 Å². The Balaban J connectivity index is 2.17. The molecule has 4 unspecified atom stereocenters. The van der Waals surface area contributed by atoms with Crippen LogP contribution in [0.3, 0.4) is 0 Å². The lowest BCUT2D eigenvalue weighted by molar-refractivity contribution is 0.199. The summed E-state index contributed by atoms with van der Waals surface area (Å²) < 4.78 is 0. The Bertz CT molecular complexity index is 184. The minimum absolute atomic E-state index is 0.957. The molecule has 1 rings (SSSR count). The highest BCUT2D eigenvalue weighted by Crippen LogP contribution is 2.35. The molecule has 1 fully saturated rings. The molecule has 0 N–H and O–H groups in total. The van der Waals surface area contributed by atoms with Crippen molar-refractivity contribution in [3.05, 3.63) is 0 Å². The molecule has 1 saturated carbocycles. The molecule has 0 spiro atoms. The Morgan fingerprint density at radius 3 is 2.47 bits per heavy atom. The number of rotatable bonds is 7. The number of hydrogen-bond acceptors (Lipinski definition) is 0. The van der Waals surface area contributed by atoms with Gasteiger partial charge in [-0.2, -0.15) is 0 Å². The highest BCUT2D eigenvalue weighted by Gasteiger charge is 2.23. The molecule has 0 radical (unpaired) electrons. The molecular weight excluding hydrogens is 204 g/mol. The molecule has 0 aromatic rings. The summed E-state index contributed by atoms with van der Waals surface area (Å²) in [5.74, 6) is 3.96. The zero-order valence-corrected chi connectivity index (χ0v) is 12.7. The summed E-state index contributed by atoms with van der Waals surface area (Å²) >= 11 is 0. The van der Waals surface area contributed by atoms with Crippen molar-refractivity contribution >= 4 is 0 Å². The van der Waals surface area contributed by atoms with Crippen molar-refractivity contribution in [1.29, 1.82) is 0 Å². The van der Waals surface area contributed by atoms with Crippen LogP contribution in [-0.2, 0) is 0 Å². The topological polar surface area (TPSA) is 0 Å². The molecule has 0 aromatic carbocycles. The average Bonchev–Trinajstić information content (AvgIpc) is 2.33. The van der Waals surface area contributed by atoms with Crippen molar-refractivity contribution in [1.82, 2.24) is 0 Å². The van der Waals surface area contributed by atoms with Crippen LogP contribution in [0.15, 0.2) is 0 Å². The van der Waals surface area contributed by atoms with E-state index in [-0.39, 0.29) is 0 Å². The van der Waals surface area contributed by atoms with Gasteiger partial charge >= 0.3 is 0 Å². The molecule has 4 atom stereocenters. The van der Waals surface area contributed by atoms with E-state index in [1.807, 2.05) is 0 Å². The second kappa shape index (κ2) is 8.16. The van der Waals surface area contributed by atoms with Gasteiger partial charge < -0.3 is 0 Å². The summed E-state index contributed by atoms with van der Waals surface area (Å²) in [4.78, 5) is 0. The Morgan fingerprint density at radius 2 is 1.82 bits per heavy atom. The molecule has 0 amide bonds. The summed E-state index contributed by atoms with van der Waals surface area (Å²) in [6.07, 6.45) is 13.2. The minimum atomic E-state index is 0.957. The van der Waals surface area contributed by atoms with Gasteiger partial charge in [-0.05, 0) is 30.1 Å². The van der Waals surface area contributed by atoms with Crippen LogP contribution in [-0.4, -0.2) is 0 Å². The van der Waals surface area contributed by atoms with Crippen molar-refractivity contribution in [3.63, 3.8) is 0 Å². The normalized spacial score (nSPS) is 28.9. The van der Waals surface area contributed by atoms with E-state index in [4.69, 9.17) is 0 Å². The van der Waals surface area contributed by atoms with Gasteiger partial charge in [0, 0.05) is 0 Å². The molecule has 0 heteroatoms. The summed E-state index contributed by atoms with van der Waals surface area (Å²) in [7, 11) is 0. The zero-order valence-electron chi connectivity index (χ0n) is 12.7. The summed E-state index contributed by atoms with van der Waals surface area (Å²) in [6.45, 7) is 9.71. The second-order valence-corrected chi connectivity index (χ2v) is 6.83. The largest absolute Gasteiger partial charge is 0.0654 e. The Labute approximate surface area is 110 Å². The predicted octanol–water partition coefficient (Wildman–Crippen LogP) is 6.06. The van der Waals surface area contributed by atoms with Crippen LogP contribution in [0.2, 0.25) is 0 Å². The first kappa shape index (κ1) is 15.1. The van der Waals surface area contributed by atoms with Crippen LogP contribution in [0.25, 0.3) is 0 Å². The Morgan fingerprint density at radius 1 is 1.06 bits per heavy atom. The number of unbranched alkanes of at least 4 members (excludes halogenated alkanes) is 1. The lowest BCUT2D eigenvalue weighted by atomic mass is 9.74. The SMILES string of the molecule is CCCCC(C)CCC(C)C1CCCC(C)C1. The highest BCUT2D eigenvalue weighted by atomic mass is 14.3. The van der Waals surface area contributed by atoms with Gasteiger partial charge in [0.1, 0.15) is 0 Å². The van der Waals surface area contributed by atoms with Gasteiger partial charge in [0.25, 0.3) is 0 Å². The van der Waals surface area contributed by atoms with E-state index in [9.17, 15) is 0 Å². The van der Waals surface area contributed by atoms with Crippen molar-refractivity contribution in [2.24, 2.45) is 23.7 Å². The number of hydrogen-bond donors (Lipinski definition) is 0. The first-order valence-corrected chi connectivity index (χ1v) is 8.13. The van der Waals surface area contributed by atoms with Crippen molar-refractivity contribution in [2.45, 2.75) is 85.5 Å². The summed E-state index contributed by atoms with van der Waals surface area (Å²) in [5.41, 5.74) is 0. The third-order valence-corrected chi connectivity index (χ3v) is 4.95. The fraction of sp³-hybridized carbons (Fsp3) is 1.00. The lowest BCUT2D eigenvalue weighted by Crippen LogP contribution is -2.20. The Kier molecular flexibility index (Phi) is 7.23. The van der Waals surface area contributed by atoms with E-state index in [2.05, 4.69) is 27.7 Å². The zero-order chi connectivity index (χ0) is 12.7. The van der Waals surface area contributed by atoms with Crippen LogP contribution in [0.5, 0.6) is 0 Å². The predicted molar refractivity (Wildman–Crippen MR) is 78.2 cm³/mol. The molecule has 0 bridgehead atoms. The van der Waals surface area contributed by atoms with E-state index in [1.54, 1.807) is 0 Å². The molecule has 0 nitrogen and oxygen atoms in total. The molecule has 0 aliphatic heterocycles. The molecule has 102 valence electrons. The second-order valence-electron chi connectivity index (χ2n) is 6.83. The summed E-state index contributed by atoms with van der Waals surface area (Å²) in [5, 5.41) is 0. The van der Waals surface area contributed by atoms with Gasteiger partial charge in [-0.25, -0.2) is 0 Å². The van der Waals surface area contributed by atoms with Crippen LogP contribution in [0.1, 0.15) is 85.5 Å².